The highest BCUT2D eigenvalue weighted by Crippen LogP contribution is 2.25. The molecule has 0 aliphatic carbocycles. The van der Waals surface area contributed by atoms with Crippen LogP contribution in [0.1, 0.15) is 18.5 Å². The normalized spacial score (nSPS) is 13.1. The van der Waals surface area contributed by atoms with E-state index in [9.17, 15) is 4.79 Å². The standard InChI is InChI=1S/C18H20N6O2/c1-26-18-14(21-12-5-2-3-6-13(12)23-18)7-8-16(25)22-15-11-20-24-10-4-9-19-17(15)24/h2-3,5-6,11,19H,4,7-10H2,1H3,(H,22,25). The summed E-state index contributed by atoms with van der Waals surface area (Å²) >= 11 is 0. The van der Waals surface area contributed by atoms with Crippen LogP contribution in [0.2, 0.25) is 0 Å². The minimum atomic E-state index is -0.0924. The number of nitrogens with one attached hydrogen (secondary N) is 2. The van der Waals surface area contributed by atoms with Gasteiger partial charge in [-0.1, -0.05) is 12.1 Å². The molecule has 0 saturated heterocycles. The van der Waals surface area contributed by atoms with Crippen LogP contribution in [0.15, 0.2) is 30.5 Å². The predicted molar refractivity (Wildman–Crippen MR) is 98.4 cm³/mol. The van der Waals surface area contributed by atoms with Crippen LogP contribution in [-0.2, 0) is 17.8 Å². The van der Waals surface area contributed by atoms with Crippen LogP contribution < -0.4 is 15.4 Å². The number of amides is 1. The summed E-state index contributed by atoms with van der Waals surface area (Å²) in [5.41, 5.74) is 2.96. The van der Waals surface area contributed by atoms with Gasteiger partial charge in [-0.2, -0.15) is 5.10 Å². The number of rotatable bonds is 5. The lowest BCUT2D eigenvalue weighted by Crippen LogP contribution is -2.20. The Labute approximate surface area is 150 Å². The Morgan fingerprint density at radius 2 is 2.12 bits per heavy atom. The summed E-state index contributed by atoms with van der Waals surface area (Å²) in [6, 6.07) is 7.61. The molecule has 8 heteroatoms. The van der Waals surface area contributed by atoms with Gasteiger partial charge in [0.15, 0.2) is 0 Å². The van der Waals surface area contributed by atoms with Gasteiger partial charge in [0, 0.05) is 25.9 Å². The van der Waals surface area contributed by atoms with E-state index in [1.807, 2.05) is 28.9 Å². The molecule has 0 bridgehead atoms. The number of fused-ring (bicyclic) bond motifs is 2. The second-order valence-corrected chi connectivity index (χ2v) is 6.13. The fourth-order valence-electron chi connectivity index (χ4n) is 3.06. The van der Waals surface area contributed by atoms with Gasteiger partial charge < -0.3 is 15.4 Å². The molecule has 1 aliphatic rings. The number of nitrogens with zero attached hydrogens (tertiary/aromatic N) is 4. The van der Waals surface area contributed by atoms with Crippen molar-refractivity contribution in [2.24, 2.45) is 0 Å². The molecule has 3 heterocycles. The quantitative estimate of drug-likeness (QED) is 0.731. The molecule has 4 rings (SSSR count). The third kappa shape index (κ3) is 3.17. The van der Waals surface area contributed by atoms with Crippen molar-refractivity contribution in [3.63, 3.8) is 0 Å². The van der Waals surface area contributed by atoms with Crippen LogP contribution in [0.5, 0.6) is 5.88 Å². The van der Waals surface area contributed by atoms with Crippen LogP contribution in [0.3, 0.4) is 0 Å². The number of carbonyl (C=O) groups is 1. The average molecular weight is 352 g/mol. The van der Waals surface area contributed by atoms with Crippen LogP contribution in [0, 0.1) is 0 Å². The Balaban J connectivity index is 1.46. The number of benzene rings is 1. The molecular weight excluding hydrogens is 332 g/mol. The first-order valence-corrected chi connectivity index (χ1v) is 8.64. The van der Waals surface area contributed by atoms with Gasteiger partial charge in [-0.05, 0) is 18.6 Å². The van der Waals surface area contributed by atoms with Crippen LogP contribution >= 0.6 is 0 Å². The molecule has 1 aromatic carbocycles. The fourth-order valence-corrected chi connectivity index (χ4v) is 3.06. The zero-order valence-electron chi connectivity index (χ0n) is 14.5. The molecule has 0 atom stereocenters. The zero-order valence-corrected chi connectivity index (χ0v) is 14.5. The third-order valence-corrected chi connectivity index (χ3v) is 4.34. The lowest BCUT2D eigenvalue weighted by Gasteiger charge is -2.17. The Morgan fingerprint density at radius 1 is 1.31 bits per heavy atom. The molecule has 2 N–H and O–H groups in total. The van der Waals surface area contributed by atoms with Crippen molar-refractivity contribution in [3.8, 4) is 5.88 Å². The van der Waals surface area contributed by atoms with Gasteiger partial charge in [-0.15, -0.1) is 0 Å². The van der Waals surface area contributed by atoms with Crippen molar-refractivity contribution in [3.05, 3.63) is 36.2 Å². The summed E-state index contributed by atoms with van der Waals surface area (Å²) < 4.78 is 7.21. The molecule has 0 unspecified atom stereocenters. The van der Waals surface area contributed by atoms with E-state index >= 15 is 0 Å². The number of hydrogen-bond donors (Lipinski definition) is 2. The molecule has 2 aromatic heterocycles. The molecule has 8 nitrogen and oxygen atoms in total. The molecular formula is C18H20N6O2. The molecule has 26 heavy (non-hydrogen) atoms. The molecule has 1 amide bonds. The number of anilines is 2. The highest BCUT2D eigenvalue weighted by Gasteiger charge is 2.17. The van der Waals surface area contributed by atoms with Crippen molar-refractivity contribution >= 4 is 28.4 Å². The Kier molecular flexibility index (Phi) is 4.39. The largest absolute Gasteiger partial charge is 0.480 e. The molecule has 0 radical (unpaired) electrons. The highest BCUT2D eigenvalue weighted by atomic mass is 16.5. The maximum absolute atomic E-state index is 12.4. The number of aryl methyl sites for hydroxylation is 2. The number of ether oxygens (including phenoxy) is 1. The first-order chi connectivity index (χ1) is 12.7. The van der Waals surface area contributed by atoms with Crippen molar-refractivity contribution in [1.29, 1.82) is 0 Å². The van der Waals surface area contributed by atoms with E-state index < -0.39 is 0 Å². The maximum atomic E-state index is 12.4. The number of methoxy groups -OCH3 is 1. The second-order valence-electron chi connectivity index (χ2n) is 6.13. The molecule has 0 fully saturated rings. The maximum Gasteiger partial charge on any atom is 0.235 e. The number of aromatic nitrogens is 4. The summed E-state index contributed by atoms with van der Waals surface area (Å²) in [4.78, 5) is 21.4. The monoisotopic (exact) mass is 352 g/mol. The van der Waals surface area contributed by atoms with Crippen molar-refractivity contribution in [2.75, 3.05) is 24.3 Å². The molecule has 0 spiro atoms. The fraction of sp³-hybridized carbons (Fsp3) is 0.333. The lowest BCUT2D eigenvalue weighted by atomic mass is 10.2. The van der Waals surface area contributed by atoms with E-state index in [1.54, 1.807) is 13.3 Å². The van der Waals surface area contributed by atoms with Crippen LogP contribution in [-0.4, -0.2) is 39.3 Å². The van der Waals surface area contributed by atoms with E-state index in [1.165, 1.54) is 0 Å². The van der Waals surface area contributed by atoms with Crippen LogP contribution in [0.4, 0.5) is 11.5 Å². The number of para-hydroxylation sites is 2. The SMILES string of the molecule is COc1nc2ccccc2nc1CCC(=O)Nc1cnn2c1NCCC2. The number of hydrogen-bond acceptors (Lipinski definition) is 6. The Hall–Kier alpha value is -3.16. The first kappa shape index (κ1) is 16.3. The summed E-state index contributed by atoms with van der Waals surface area (Å²) in [5, 5.41) is 10.5. The van der Waals surface area contributed by atoms with E-state index in [2.05, 4.69) is 25.7 Å². The van der Waals surface area contributed by atoms with Gasteiger partial charge in [0.05, 0.1) is 24.3 Å². The summed E-state index contributed by atoms with van der Waals surface area (Å²) in [6.07, 6.45) is 3.45. The van der Waals surface area contributed by atoms with Crippen LogP contribution in [0.25, 0.3) is 11.0 Å². The smallest absolute Gasteiger partial charge is 0.235 e. The van der Waals surface area contributed by atoms with Gasteiger partial charge in [-0.3, -0.25) is 4.79 Å². The van der Waals surface area contributed by atoms with Crippen molar-refractivity contribution < 1.29 is 9.53 Å². The van der Waals surface area contributed by atoms with Gasteiger partial charge in [0.2, 0.25) is 11.8 Å². The number of carbonyl (C=O) groups excluding carboxylic acids is 1. The zero-order chi connectivity index (χ0) is 17.9. The summed E-state index contributed by atoms with van der Waals surface area (Å²) in [6.45, 7) is 1.75. The minimum Gasteiger partial charge on any atom is -0.480 e. The molecule has 0 saturated carbocycles. The van der Waals surface area contributed by atoms with Crippen molar-refractivity contribution in [2.45, 2.75) is 25.8 Å². The summed E-state index contributed by atoms with van der Waals surface area (Å²) in [5.74, 6) is 1.24. The minimum absolute atomic E-state index is 0.0924. The average Bonchev–Trinajstić information content (AvgIpc) is 3.08. The summed E-state index contributed by atoms with van der Waals surface area (Å²) in [7, 11) is 1.56. The predicted octanol–water partition coefficient (Wildman–Crippen LogP) is 2.22. The Morgan fingerprint density at radius 3 is 2.92 bits per heavy atom. The van der Waals surface area contributed by atoms with Gasteiger partial charge in [0.25, 0.3) is 0 Å². The van der Waals surface area contributed by atoms with Crippen molar-refractivity contribution in [1.82, 2.24) is 19.7 Å². The van der Waals surface area contributed by atoms with E-state index in [-0.39, 0.29) is 12.3 Å². The first-order valence-electron chi connectivity index (χ1n) is 8.64. The van der Waals surface area contributed by atoms with Gasteiger partial charge in [-0.25, -0.2) is 14.6 Å². The van der Waals surface area contributed by atoms with Gasteiger partial charge >= 0.3 is 0 Å². The molecule has 1 aliphatic heterocycles. The lowest BCUT2D eigenvalue weighted by molar-refractivity contribution is -0.116. The van der Waals surface area contributed by atoms with E-state index in [0.717, 1.165) is 36.4 Å². The second kappa shape index (κ2) is 6.99. The Bertz CT molecular complexity index is 952. The molecule has 3 aromatic rings. The van der Waals surface area contributed by atoms with E-state index in [0.29, 0.717) is 23.7 Å². The third-order valence-electron chi connectivity index (χ3n) is 4.34. The van der Waals surface area contributed by atoms with E-state index in [4.69, 9.17) is 4.74 Å². The highest BCUT2D eigenvalue weighted by molar-refractivity contribution is 5.93. The molecule has 134 valence electrons. The topological polar surface area (TPSA) is 94.0 Å². The van der Waals surface area contributed by atoms with Gasteiger partial charge in [0.1, 0.15) is 17.2 Å².